The van der Waals surface area contributed by atoms with Crippen molar-refractivity contribution < 1.29 is 38.2 Å². The van der Waals surface area contributed by atoms with Gasteiger partial charge in [-0.3, -0.25) is 33.9 Å². The fourth-order valence-electron chi connectivity index (χ4n) is 4.27. The highest BCUT2D eigenvalue weighted by atomic mass is 16.5. The summed E-state index contributed by atoms with van der Waals surface area (Å²) in [4.78, 5) is 70.1. The first-order valence-corrected chi connectivity index (χ1v) is 17.0. The Kier molecular flexibility index (Phi) is 20.1. The van der Waals surface area contributed by atoms with Gasteiger partial charge in [0.1, 0.15) is 34.3 Å². The van der Waals surface area contributed by atoms with E-state index in [0.717, 1.165) is 12.0 Å². The average molecular weight is 670 g/mol. The minimum Gasteiger partial charge on any atom is -0.378 e. The second-order valence-corrected chi connectivity index (χ2v) is 11.9. The standard InChI is InChI=1S/C35H49N3O8.C2H6/c1-7-25(5)32(41)15-18-46-23-35(21-44-16-13-26(6)39,22-45-17-14-29(40)8-2)38-34(43)31-12-10-28(20-37-31)27-9-11-30(36-19-27)33(42)24(3)4;1-2/h9-12,19-20,24-25H,7-8,13-18,21-23H2,1-6H3,(H,38,43);1-2H3. The molecule has 11 heteroatoms. The Morgan fingerprint density at radius 3 is 1.69 bits per heavy atom. The van der Waals surface area contributed by atoms with Gasteiger partial charge in [0, 0.05) is 61.0 Å². The second kappa shape index (κ2) is 22.8. The Hall–Kier alpha value is -3.67. The molecule has 2 rings (SSSR count). The quantitative estimate of drug-likeness (QED) is 0.112. The van der Waals surface area contributed by atoms with Gasteiger partial charge in [-0.1, -0.05) is 60.6 Å². The molecule has 11 nitrogen and oxygen atoms in total. The lowest BCUT2D eigenvalue weighted by molar-refractivity contribution is -0.124. The summed E-state index contributed by atoms with van der Waals surface area (Å²) in [5, 5.41) is 2.97. The molecule has 0 aliphatic rings. The molecule has 0 aliphatic carbocycles. The monoisotopic (exact) mass is 669 g/mol. The molecule has 48 heavy (non-hydrogen) atoms. The van der Waals surface area contributed by atoms with E-state index in [2.05, 4.69) is 15.3 Å². The van der Waals surface area contributed by atoms with Gasteiger partial charge < -0.3 is 19.5 Å². The van der Waals surface area contributed by atoms with Crippen molar-refractivity contribution in [1.29, 1.82) is 0 Å². The zero-order valence-corrected chi connectivity index (χ0v) is 30.1. The Morgan fingerprint density at radius 2 is 1.25 bits per heavy atom. The second-order valence-electron chi connectivity index (χ2n) is 11.9. The smallest absolute Gasteiger partial charge is 0.270 e. The number of rotatable bonds is 23. The fourth-order valence-corrected chi connectivity index (χ4v) is 4.27. The molecular formula is C37H55N3O8. The van der Waals surface area contributed by atoms with Gasteiger partial charge in [-0.05, 0) is 25.5 Å². The lowest BCUT2D eigenvalue weighted by atomic mass is 10.0. The molecule has 0 saturated heterocycles. The Morgan fingerprint density at radius 1 is 0.750 bits per heavy atom. The molecule has 266 valence electrons. The fraction of sp³-hybridized carbons (Fsp3) is 0.595. The normalized spacial score (nSPS) is 12.8. The van der Waals surface area contributed by atoms with Crippen LogP contribution in [0.4, 0.5) is 0 Å². The molecular weight excluding hydrogens is 614 g/mol. The van der Waals surface area contributed by atoms with Crippen molar-refractivity contribution in [3.05, 3.63) is 48.0 Å². The van der Waals surface area contributed by atoms with E-state index in [4.69, 9.17) is 14.2 Å². The lowest BCUT2D eigenvalue weighted by Gasteiger charge is -2.34. The molecule has 1 amide bonds. The van der Waals surface area contributed by atoms with E-state index >= 15 is 0 Å². The van der Waals surface area contributed by atoms with Gasteiger partial charge in [0.2, 0.25) is 0 Å². The van der Waals surface area contributed by atoms with E-state index in [-0.39, 0.29) is 99.6 Å². The van der Waals surface area contributed by atoms with E-state index < -0.39 is 11.4 Å². The molecule has 0 bridgehead atoms. The van der Waals surface area contributed by atoms with Crippen LogP contribution in [-0.4, -0.2) is 84.2 Å². The number of hydrogen-bond acceptors (Lipinski definition) is 10. The summed E-state index contributed by atoms with van der Waals surface area (Å²) < 4.78 is 17.6. The number of hydrogen-bond donors (Lipinski definition) is 1. The molecule has 0 saturated carbocycles. The highest BCUT2D eigenvalue weighted by Gasteiger charge is 2.35. The third kappa shape index (κ3) is 15.0. The maximum atomic E-state index is 13.5. The van der Waals surface area contributed by atoms with Crippen molar-refractivity contribution >= 4 is 29.0 Å². The van der Waals surface area contributed by atoms with Crippen LogP contribution in [0.15, 0.2) is 36.7 Å². The summed E-state index contributed by atoms with van der Waals surface area (Å²) in [6, 6.07) is 6.76. The summed E-state index contributed by atoms with van der Waals surface area (Å²) >= 11 is 0. The lowest BCUT2D eigenvalue weighted by Crippen LogP contribution is -2.59. The number of carbonyl (C=O) groups is 5. The molecule has 0 aliphatic heterocycles. The number of amides is 1. The van der Waals surface area contributed by atoms with Gasteiger partial charge >= 0.3 is 0 Å². The number of ketones is 4. The topological polar surface area (TPSA) is 151 Å². The highest BCUT2D eigenvalue weighted by molar-refractivity contribution is 5.96. The molecule has 2 heterocycles. The SMILES string of the molecule is CC.CCC(=O)CCOCC(COCCC(C)=O)(COCCC(=O)C(C)CC)NC(=O)c1ccc(-c2ccc(C(=O)C(C)C)nc2)cn1. The van der Waals surface area contributed by atoms with Gasteiger partial charge in [-0.2, -0.15) is 0 Å². The molecule has 0 fully saturated rings. The number of pyridine rings is 2. The molecule has 0 spiro atoms. The number of nitrogens with zero attached hydrogens (tertiary/aromatic N) is 2. The largest absolute Gasteiger partial charge is 0.378 e. The highest BCUT2D eigenvalue weighted by Crippen LogP contribution is 2.20. The van der Waals surface area contributed by atoms with E-state index in [0.29, 0.717) is 17.7 Å². The molecule has 0 radical (unpaired) electrons. The summed E-state index contributed by atoms with van der Waals surface area (Å²) in [6.07, 6.45) is 4.92. The first kappa shape index (κ1) is 42.4. The maximum Gasteiger partial charge on any atom is 0.270 e. The van der Waals surface area contributed by atoms with Crippen molar-refractivity contribution in [3.63, 3.8) is 0 Å². The van der Waals surface area contributed by atoms with Crippen LogP contribution in [0.25, 0.3) is 11.1 Å². The van der Waals surface area contributed by atoms with E-state index in [1.807, 2.05) is 41.5 Å². The van der Waals surface area contributed by atoms with Crippen LogP contribution < -0.4 is 5.32 Å². The Bertz CT molecular complexity index is 1290. The van der Waals surface area contributed by atoms with Crippen LogP contribution in [-0.2, 0) is 28.6 Å². The minimum atomic E-state index is -1.20. The van der Waals surface area contributed by atoms with Crippen LogP contribution in [0.1, 0.15) is 108 Å². The van der Waals surface area contributed by atoms with Gasteiger partial charge in [0.15, 0.2) is 5.78 Å². The summed E-state index contributed by atoms with van der Waals surface area (Å²) in [6.45, 7) is 15.0. The van der Waals surface area contributed by atoms with Crippen LogP contribution in [0.5, 0.6) is 0 Å². The van der Waals surface area contributed by atoms with Crippen LogP contribution >= 0.6 is 0 Å². The predicted molar refractivity (Wildman–Crippen MR) is 185 cm³/mol. The number of Topliss-reactive ketones (excluding diaryl/α,β-unsaturated/α-hetero) is 4. The van der Waals surface area contributed by atoms with Crippen molar-refractivity contribution in [3.8, 4) is 11.1 Å². The van der Waals surface area contributed by atoms with Crippen LogP contribution in [0.3, 0.4) is 0 Å². The van der Waals surface area contributed by atoms with E-state index in [9.17, 15) is 24.0 Å². The zero-order valence-electron chi connectivity index (χ0n) is 30.1. The van der Waals surface area contributed by atoms with Gasteiger partial charge in [-0.25, -0.2) is 0 Å². The summed E-state index contributed by atoms with van der Waals surface area (Å²) in [5.41, 5.74) is 0.765. The van der Waals surface area contributed by atoms with Crippen molar-refractivity contribution in [1.82, 2.24) is 15.3 Å². The molecule has 2 atom stereocenters. The van der Waals surface area contributed by atoms with Gasteiger partial charge in [-0.15, -0.1) is 0 Å². The first-order chi connectivity index (χ1) is 22.9. The molecule has 1 N–H and O–H groups in total. The number of aromatic nitrogens is 2. The summed E-state index contributed by atoms with van der Waals surface area (Å²) in [5.74, 6) is -0.691. The first-order valence-electron chi connectivity index (χ1n) is 17.0. The van der Waals surface area contributed by atoms with Gasteiger partial charge in [0.05, 0.1) is 39.6 Å². The molecule has 2 unspecified atom stereocenters. The van der Waals surface area contributed by atoms with Crippen molar-refractivity contribution in [2.75, 3.05) is 39.6 Å². The molecule has 2 aromatic heterocycles. The number of carbonyl (C=O) groups excluding carboxylic acids is 5. The number of nitrogens with one attached hydrogen (secondary N) is 1. The van der Waals surface area contributed by atoms with Crippen molar-refractivity contribution in [2.45, 2.75) is 93.0 Å². The molecule has 0 aromatic carbocycles. The maximum absolute atomic E-state index is 13.5. The van der Waals surface area contributed by atoms with Gasteiger partial charge in [0.25, 0.3) is 5.91 Å². The van der Waals surface area contributed by atoms with E-state index in [1.54, 1.807) is 43.6 Å². The van der Waals surface area contributed by atoms with Crippen molar-refractivity contribution in [2.24, 2.45) is 11.8 Å². The zero-order chi connectivity index (χ0) is 36.1. The Balaban J connectivity index is 0.00000565. The third-order valence-electron chi connectivity index (χ3n) is 7.56. The number of ether oxygens (including phenoxy) is 3. The summed E-state index contributed by atoms with van der Waals surface area (Å²) in [7, 11) is 0. The minimum absolute atomic E-state index is 0.0376. The average Bonchev–Trinajstić information content (AvgIpc) is 3.10. The van der Waals surface area contributed by atoms with Crippen LogP contribution in [0, 0.1) is 11.8 Å². The van der Waals surface area contributed by atoms with Crippen LogP contribution in [0.2, 0.25) is 0 Å². The molecule has 2 aromatic rings. The third-order valence-corrected chi connectivity index (χ3v) is 7.56. The Labute approximate surface area is 285 Å². The predicted octanol–water partition coefficient (Wildman–Crippen LogP) is 5.88. The van der Waals surface area contributed by atoms with E-state index in [1.165, 1.54) is 6.92 Å².